The summed E-state index contributed by atoms with van der Waals surface area (Å²) in [5.41, 5.74) is 1.67. The SMILES string of the molecule is O=C(N[C@H]1COc2ccc(CC(F)F)cc2C1)c1cc2n(n1)CC[C@@H](COCC1CC1)O2. The molecule has 3 aliphatic rings. The third-order valence-corrected chi connectivity index (χ3v) is 6.04. The average Bonchev–Trinajstić information content (AvgIpc) is 3.49. The fourth-order valence-corrected chi connectivity index (χ4v) is 4.13. The second-order valence-corrected chi connectivity index (χ2v) is 8.82. The number of rotatable bonds is 8. The van der Waals surface area contributed by atoms with Crippen molar-refractivity contribution in [3.8, 4) is 11.6 Å². The van der Waals surface area contributed by atoms with Crippen molar-refractivity contribution >= 4 is 5.91 Å². The van der Waals surface area contributed by atoms with Gasteiger partial charge >= 0.3 is 0 Å². The number of fused-ring (bicyclic) bond motifs is 2. The lowest BCUT2D eigenvalue weighted by molar-refractivity contribution is 0.0221. The van der Waals surface area contributed by atoms with E-state index in [-0.39, 0.29) is 30.2 Å². The third-order valence-electron chi connectivity index (χ3n) is 6.04. The van der Waals surface area contributed by atoms with Crippen LogP contribution in [-0.4, -0.2) is 54.1 Å². The molecule has 0 radical (unpaired) electrons. The van der Waals surface area contributed by atoms with Crippen molar-refractivity contribution in [1.82, 2.24) is 15.1 Å². The van der Waals surface area contributed by atoms with Crippen LogP contribution in [0.4, 0.5) is 8.78 Å². The molecule has 1 aliphatic carbocycles. The molecule has 1 N–H and O–H groups in total. The zero-order valence-corrected chi connectivity index (χ0v) is 17.8. The Morgan fingerprint density at radius 3 is 2.94 bits per heavy atom. The van der Waals surface area contributed by atoms with E-state index >= 15 is 0 Å². The number of aromatic nitrogens is 2. The maximum absolute atomic E-state index is 12.8. The van der Waals surface area contributed by atoms with E-state index in [0.29, 0.717) is 49.3 Å². The Morgan fingerprint density at radius 1 is 1.25 bits per heavy atom. The lowest BCUT2D eigenvalue weighted by atomic mass is 9.99. The van der Waals surface area contributed by atoms with Gasteiger partial charge in [-0.15, -0.1) is 0 Å². The smallest absolute Gasteiger partial charge is 0.272 e. The van der Waals surface area contributed by atoms with Crippen molar-refractivity contribution in [2.45, 2.75) is 57.2 Å². The number of alkyl halides is 2. The summed E-state index contributed by atoms with van der Waals surface area (Å²) < 4.78 is 44.5. The summed E-state index contributed by atoms with van der Waals surface area (Å²) in [5, 5.41) is 7.32. The quantitative estimate of drug-likeness (QED) is 0.674. The number of ether oxygens (including phenoxy) is 3. The molecule has 0 bridgehead atoms. The molecule has 32 heavy (non-hydrogen) atoms. The molecule has 0 spiro atoms. The van der Waals surface area contributed by atoms with E-state index in [1.54, 1.807) is 28.9 Å². The minimum Gasteiger partial charge on any atom is -0.491 e. The molecule has 2 aromatic rings. The number of carbonyl (C=O) groups is 1. The molecule has 1 aromatic heterocycles. The van der Waals surface area contributed by atoms with Crippen molar-refractivity contribution < 1.29 is 27.8 Å². The van der Waals surface area contributed by atoms with Crippen LogP contribution in [0.5, 0.6) is 11.6 Å². The molecule has 5 rings (SSSR count). The van der Waals surface area contributed by atoms with Gasteiger partial charge in [0.15, 0.2) is 5.69 Å². The normalized spacial score (nSPS) is 22.0. The molecule has 0 saturated heterocycles. The van der Waals surface area contributed by atoms with E-state index in [1.165, 1.54) is 12.8 Å². The Balaban J connectivity index is 1.17. The molecule has 1 fully saturated rings. The number of aryl methyl sites for hydroxylation is 1. The number of carbonyl (C=O) groups excluding carboxylic acids is 1. The highest BCUT2D eigenvalue weighted by Gasteiger charge is 2.28. The number of benzene rings is 1. The summed E-state index contributed by atoms with van der Waals surface area (Å²) in [4.78, 5) is 12.8. The molecule has 1 aromatic carbocycles. The molecule has 2 aliphatic heterocycles. The number of nitrogens with one attached hydrogen (secondary N) is 1. The van der Waals surface area contributed by atoms with E-state index in [1.807, 2.05) is 0 Å². The van der Waals surface area contributed by atoms with Crippen LogP contribution in [0.25, 0.3) is 0 Å². The zero-order chi connectivity index (χ0) is 22.1. The van der Waals surface area contributed by atoms with Crippen LogP contribution >= 0.6 is 0 Å². The summed E-state index contributed by atoms with van der Waals surface area (Å²) in [6.45, 7) is 2.34. The Bertz CT molecular complexity index is 976. The first-order chi connectivity index (χ1) is 15.5. The van der Waals surface area contributed by atoms with Crippen LogP contribution in [0, 0.1) is 5.92 Å². The highest BCUT2D eigenvalue weighted by molar-refractivity contribution is 5.92. The summed E-state index contributed by atoms with van der Waals surface area (Å²) in [6, 6.07) is 6.50. The van der Waals surface area contributed by atoms with Gasteiger partial charge in [-0.05, 0) is 42.4 Å². The lowest BCUT2D eigenvalue weighted by Gasteiger charge is -2.26. The van der Waals surface area contributed by atoms with Crippen LogP contribution in [0.2, 0.25) is 0 Å². The lowest BCUT2D eigenvalue weighted by Crippen LogP contribution is -2.43. The van der Waals surface area contributed by atoms with Gasteiger partial charge in [-0.1, -0.05) is 12.1 Å². The Labute approximate surface area is 185 Å². The Kier molecular flexibility index (Phi) is 5.99. The zero-order valence-electron chi connectivity index (χ0n) is 17.8. The summed E-state index contributed by atoms with van der Waals surface area (Å²) in [6.07, 6.45) is 1.09. The third kappa shape index (κ3) is 5.03. The van der Waals surface area contributed by atoms with Crippen LogP contribution in [0.15, 0.2) is 24.3 Å². The molecule has 2 atom stereocenters. The molecule has 172 valence electrons. The monoisotopic (exact) mass is 447 g/mol. The van der Waals surface area contributed by atoms with Gasteiger partial charge in [-0.3, -0.25) is 4.79 Å². The highest BCUT2D eigenvalue weighted by atomic mass is 19.3. The topological polar surface area (TPSA) is 74.6 Å². The molecule has 7 nitrogen and oxygen atoms in total. The maximum Gasteiger partial charge on any atom is 0.272 e. The van der Waals surface area contributed by atoms with Crippen LogP contribution in [-0.2, 0) is 24.1 Å². The number of nitrogens with zero attached hydrogens (tertiary/aromatic N) is 2. The molecule has 3 heterocycles. The van der Waals surface area contributed by atoms with Crippen LogP contribution < -0.4 is 14.8 Å². The van der Waals surface area contributed by atoms with Gasteiger partial charge in [0.1, 0.15) is 18.5 Å². The highest BCUT2D eigenvalue weighted by Crippen LogP contribution is 2.30. The second-order valence-electron chi connectivity index (χ2n) is 8.82. The van der Waals surface area contributed by atoms with Gasteiger partial charge in [0.2, 0.25) is 12.3 Å². The van der Waals surface area contributed by atoms with Gasteiger partial charge in [0.05, 0.1) is 12.6 Å². The van der Waals surface area contributed by atoms with Gasteiger partial charge in [0, 0.05) is 32.1 Å². The predicted octanol–water partition coefficient (Wildman–Crippen LogP) is 3.00. The molecule has 0 unspecified atom stereocenters. The molecule has 9 heteroatoms. The molecule has 1 saturated carbocycles. The average molecular weight is 447 g/mol. The van der Waals surface area contributed by atoms with Gasteiger partial charge in [-0.2, -0.15) is 5.10 Å². The second kappa shape index (κ2) is 9.05. The van der Waals surface area contributed by atoms with Crippen molar-refractivity contribution in [2.75, 3.05) is 19.8 Å². The van der Waals surface area contributed by atoms with Gasteiger partial charge in [-0.25, -0.2) is 13.5 Å². The summed E-state index contributed by atoms with van der Waals surface area (Å²) in [7, 11) is 0. The van der Waals surface area contributed by atoms with E-state index in [9.17, 15) is 13.6 Å². The van der Waals surface area contributed by atoms with E-state index < -0.39 is 6.43 Å². The molecular weight excluding hydrogens is 420 g/mol. The first-order valence-corrected chi connectivity index (χ1v) is 11.2. The first-order valence-electron chi connectivity index (χ1n) is 11.2. The van der Waals surface area contributed by atoms with Crippen molar-refractivity contribution in [1.29, 1.82) is 0 Å². The van der Waals surface area contributed by atoms with Gasteiger partial charge < -0.3 is 19.5 Å². The number of hydrogen-bond acceptors (Lipinski definition) is 5. The van der Waals surface area contributed by atoms with Crippen molar-refractivity contribution in [3.63, 3.8) is 0 Å². The molecular formula is C23H27F2N3O4. The fourth-order valence-electron chi connectivity index (χ4n) is 4.13. The number of amides is 1. The standard InChI is InChI=1S/C23H27F2N3O4/c24-21(25)8-15-3-4-20-16(7-15)9-17(12-31-20)26-23(29)19-10-22-28(27-19)6-5-18(32-22)13-30-11-14-1-2-14/h3-4,7,10,14,17-18,21H,1-2,5-6,8-9,11-13H2,(H,26,29)/t17-,18+/m1/s1. The van der Waals surface area contributed by atoms with Crippen molar-refractivity contribution in [3.05, 3.63) is 41.1 Å². The van der Waals surface area contributed by atoms with E-state index in [0.717, 1.165) is 18.6 Å². The van der Waals surface area contributed by atoms with E-state index in [4.69, 9.17) is 14.2 Å². The Morgan fingerprint density at radius 2 is 2.12 bits per heavy atom. The van der Waals surface area contributed by atoms with E-state index in [2.05, 4.69) is 10.4 Å². The molecule has 1 amide bonds. The summed E-state index contributed by atoms with van der Waals surface area (Å²) >= 11 is 0. The maximum atomic E-state index is 12.8. The van der Waals surface area contributed by atoms with Crippen molar-refractivity contribution in [2.24, 2.45) is 5.92 Å². The minimum atomic E-state index is -2.40. The number of hydrogen-bond donors (Lipinski definition) is 1. The predicted molar refractivity (Wildman–Crippen MR) is 111 cm³/mol. The van der Waals surface area contributed by atoms with Gasteiger partial charge in [0.25, 0.3) is 5.91 Å². The van der Waals surface area contributed by atoms with Crippen LogP contribution in [0.1, 0.15) is 40.9 Å². The largest absolute Gasteiger partial charge is 0.491 e. The fraction of sp³-hybridized carbons (Fsp3) is 0.565. The minimum absolute atomic E-state index is 0.0282. The van der Waals surface area contributed by atoms with Crippen LogP contribution in [0.3, 0.4) is 0 Å². The number of halogens is 2. The summed E-state index contributed by atoms with van der Waals surface area (Å²) in [5.74, 6) is 1.65. The first kappa shape index (κ1) is 21.2. The Hall–Kier alpha value is -2.68.